The second-order valence-corrected chi connectivity index (χ2v) is 7.61. The minimum absolute atomic E-state index is 0.00298. The first-order chi connectivity index (χ1) is 12.6. The molecule has 1 spiro atoms. The molecule has 0 aliphatic carbocycles. The molecule has 0 N–H and O–H groups in total. The number of aromatic nitrogens is 1. The van der Waals surface area contributed by atoms with E-state index in [4.69, 9.17) is 4.74 Å². The van der Waals surface area contributed by atoms with Crippen LogP contribution in [0.5, 0.6) is 5.75 Å². The van der Waals surface area contributed by atoms with Crippen molar-refractivity contribution in [3.8, 4) is 5.75 Å². The predicted molar refractivity (Wildman–Crippen MR) is 95.3 cm³/mol. The van der Waals surface area contributed by atoms with E-state index in [2.05, 4.69) is 4.98 Å². The molecule has 3 aliphatic heterocycles. The molecule has 5 rings (SSSR count). The number of benzene rings is 1. The Kier molecular flexibility index (Phi) is 3.23. The fourth-order valence-corrected chi connectivity index (χ4v) is 4.89. The third kappa shape index (κ3) is 2.13. The van der Waals surface area contributed by atoms with Crippen LogP contribution in [0.4, 0.5) is 0 Å². The van der Waals surface area contributed by atoms with Crippen LogP contribution in [0.3, 0.4) is 0 Å². The van der Waals surface area contributed by atoms with Gasteiger partial charge in [-0.3, -0.25) is 14.6 Å². The third-order valence-corrected chi connectivity index (χ3v) is 6.04. The van der Waals surface area contributed by atoms with Crippen molar-refractivity contribution in [2.75, 3.05) is 0 Å². The minimum atomic E-state index is -0.581. The van der Waals surface area contributed by atoms with Crippen molar-refractivity contribution in [2.45, 2.75) is 50.3 Å². The maximum atomic E-state index is 13.1. The first kappa shape index (κ1) is 15.6. The number of aryl methyl sites for hydroxylation is 1. The van der Waals surface area contributed by atoms with E-state index in [9.17, 15) is 9.59 Å². The summed E-state index contributed by atoms with van der Waals surface area (Å²) in [5, 5.41) is 0. The van der Waals surface area contributed by atoms with Crippen molar-refractivity contribution < 1.29 is 14.3 Å². The molecule has 5 heteroatoms. The van der Waals surface area contributed by atoms with Gasteiger partial charge in [-0.25, -0.2) is 0 Å². The van der Waals surface area contributed by atoms with Crippen molar-refractivity contribution in [3.05, 3.63) is 59.4 Å². The van der Waals surface area contributed by atoms with Crippen LogP contribution in [-0.2, 0) is 0 Å². The molecule has 3 atom stereocenters. The van der Waals surface area contributed by atoms with Crippen molar-refractivity contribution in [2.24, 2.45) is 0 Å². The quantitative estimate of drug-likeness (QED) is 0.794. The molecule has 0 saturated carbocycles. The van der Waals surface area contributed by atoms with Crippen LogP contribution in [0.1, 0.15) is 52.1 Å². The van der Waals surface area contributed by atoms with Crippen molar-refractivity contribution in [1.82, 2.24) is 9.88 Å². The number of nitrogens with zero attached hydrogens (tertiary/aromatic N) is 2. The Labute approximate surface area is 152 Å². The molecular formula is C21H20N2O3. The molecule has 1 aromatic carbocycles. The average Bonchev–Trinajstić information content (AvgIpc) is 3.17. The number of ether oxygens (including phenoxy) is 1. The van der Waals surface area contributed by atoms with Gasteiger partial charge in [-0.05, 0) is 44.0 Å². The number of carbonyl (C=O) groups is 2. The summed E-state index contributed by atoms with van der Waals surface area (Å²) in [7, 11) is 0. The molecule has 26 heavy (non-hydrogen) atoms. The standard InChI is InChI=1S/C21H20N2O3/c1-13-6-7-14(12-22-13)20(25)23-15-8-9-19(23)21(10-15)11-17(24)16-4-2-3-5-18(16)26-21/h2-7,12,15,19H,8-11H2,1H3/t15-,19-,21-/m1/s1. The predicted octanol–water partition coefficient (Wildman–Crippen LogP) is 3.17. The molecule has 2 bridgehead atoms. The number of pyridine rings is 1. The molecule has 4 heterocycles. The van der Waals surface area contributed by atoms with Crippen LogP contribution in [0.2, 0.25) is 0 Å². The Morgan fingerprint density at radius 1 is 1.23 bits per heavy atom. The molecule has 2 aromatic rings. The molecular weight excluding hydrogens is 328 g/mol. The van der Waals surface area contributed by atoms with Crippen molar-refractivity contribution >= 4 is 11.7 Å². The Morgan fingerprint density at radius 3 is 2.88 bits per heavy atom. The lowest BCUT2D eigenvalue weighted by atomic mass is 9.78. The van der Waals surface area contributed by atoms with Crippen molar-refractivity contribution in [1.29, 1.82) is 0 Å². The van der Waals surface area contributed by atoms with Crippen LogP contribution in [0.15, 0.2) is 42.6 Å². The van der Waals surface area contributed by atoms with Gasteiger partial charge in [0.1, 0.15) is 11.4 Å². The number of carbonyl (C=O) groups excluding carboxylic acids is 2. The molecule has 2 saturated heterocycles. The van der Waals surface area contributed by atoms with Gasteiger partial charge in [0.2, 0.25) is 0 Å². The zero-order chi connectivity index (χ0) is 17.9. The number of rotatable bonds is 1. The van der Waals surface area contributed by atoms with Gasteiger partial charge in [-0.15, -0.1) is 0 Å². The van der Waals surface area contributed by atoms with E-state index in [-0.39, 0.29) is 23.8 Å². The minimum Gasteiger partial charge on any atom is -0.484 e. The number of hydrogen-bond acceptors (Lipinski definition) is 4. The Balaban J connectivity index is 1.49. The summed E-state index contributed by atoms with van der Waals surface area (Å²) in [5.74, 6) is 0.765. The fourth-order valence-electron chi connectivity index (χ4n) is 4.89. The molecule has 1 aromatic heterocycles. The van der Waals surface area contributed by atoms with E-state index in [1.807, 2.05) is 48.2 Å². The zero-order valence-corrected chi connectivity index (χ0v) is 14.6. The van der Waals surface area contributed by atoms with Gasteiger partial charge in [-0.1, -0.05) is 12.1 Å². The molecule has 2 fully saturated rings. The number of amides is 1. The van der Waals surface area contributed by atoms with E-state index in [1.54, 1.807) is 6.20 Å². The highest BCUT2D eigenvalue weighted by atomic mass is 16.5. The normalized spacial score (nSPS) is 29.0. The van der Waals surface area contributed by atoms with E-state index >= 15 is 0 Å². The Morgan fingerprint density at radius 2 is 2.08 bits per heavy atom. The SMILES string of the molecule is Cc1ccc(C(=O)N2[C@@H]3CC[C@@H]2[C@]2(CC(=O)c4ccccc4O2)C3)cn1. The highest BCUT2D eigenvalue weighted by Crippen LogP contribution is 2.51. The maximum Gasteiger partial charge on any atom is 0.256 e. The average molecular weight is 348 g/mol. The Bertz CT molecular complexity index is 908. The zero-order valence-electron chi connectivity index (χ0n) is 14.6. The highest BCUT2D eigenvalue weighted by molar-refractivity contribution is 6.01. The van der Waals surface area contributed by atoms with Crippen LogP contribution < -0.4 is 4.74 Å². The Hall–Kier alpha value is -2.69. The second kappa shape index (κ2) is 5.40. The maximum absolute atomic E-state index is 13.1. The van der Waals surface area contributed by atoms with E-state index in [1.165, 1.54) is 0 Å². The first-order valence-corrected chi connectivity index (χ1v) is 9.14. The van der Waals surface area contributed by atoms with Crippen LogP contribution >= 0.6 is 0 Å². The van der Waals surface area contributed by atoms with E-state index < -0.39 is 5.60 Å². The lowest BCUT2D eigenvalue weighted by Gasteiger charge is -2.40. The lowest BCUT2D eigenvalue weighted by Crippen LogP contribution is -2.52. The second-order valence-electron chi connectivity index (χ2n) is 7.61. The highest BCUT2D eigenvalue weighted by Gasteiger charge is 2.61. The summed E-state index contributed by atoms with van der Waals surface area (Å²) >= 11 is 0. The van der Waals surface area contributed by atoms with Gasteiger partial charge in [0.15, 0.2) is 5.78 Å². The van der Waals surface area contributed by atoms with Gasteiger partial charge in [0.05, 0.1) is 23.6 Å². The topological polar surface area (TPSA) is 59.5 Å². The molecule has 1 amide bonds. The smallest absolute Gasteiger partial charge is 0.256 e. The van der Waals surface area contributed by atoms with Crippen LogP contribution in [0.25, 0.3) is 0 Å². The number of fused-ring (bicyclic) bond motifs is 4. The summed E-state index contributed by atoms with van der Waals surface area (Å²) in [6, 6.07) is 11.2. The summed E-state index contributed by atoms with van der Waals surface area (Å²) in [6.07, 6.45) is 4.57. The van der Waals surface area contributed by atoms with E-state index in [0.29, 0.717) is 23.3 Å². The van der Waals surface area contributed by atoms with Gasteiger partial charge in [0.25, 0.3) is 5.91 Å². The first-order valence-electron chi connectivity index (χ1n) is 9.14. The molecule has 132 valence electrons. The number of Topliss-reactive ketones (excluding diaryl/α,β-unsaturated/α-hetero) is 1. The molecule has 5 nitrogen and oxygen atoms in total. The monoisotopic (exact) mass is 348 g/mol. The summed E-state index contributed by atoms with van der Waals surface area (Å²) in [5.41, 5.74) is 1.57. The van der Waals surface area contributed by atoms with Gasteiger partial charge in [-0.2, -0.15) is 0 Å². The fraction of sp³-hybridized carbons (Fsp3) is 0.381. The van der Waals surface area contributed by atoms with E-state index in [0.717, 1.165) is 25.0 Å². The lowest BCUT2D eigenvalue weighted by molar-refractivity contribution is 0.0112. The summed E-state index contributed by atoms with van der Waals surface area (Å²) in [4.78, 5) is 32.0. The summed E-state index contributed by atoms with van der Waals surface area (Å²) in [6.45, 7) is 1.90. The summed E-state index contributed by atoms with van der Waals surface area (Å²) < 4.78 is 6.39. The van der Waals surface area contributed by atoms with Gasteiger partial charge in [0, 0.05) is 24.4 Å². The number of hydrogen-bond donors (Lipinski definition) is 0. The van der Waals surface area contributed by atoms with Gasteiger partial charge < -0.3 is 9.64 Å². The van der Waals surface area contributed by atoms with Crippen molar-refractivity contribution in [3.63, 3.8) is 0 Å². The largest absolute Gasteiger partial charge is 0.484 e. The molecule has 0 radical (unpaired) electrons. The van der Waals surface area contributed by atoms with Gasteiger partial charge >= 0.3 is 0 Å². The third-order valence-electron chi connectivity index (χ3n) is 6.04. The number of ketones is 1. The number of para-hydroxylation sites is 1. The molecule has 0 unspecified atom stereocenters. The van der Waals surface area contributed by atoms with Crippen LogP contribution in [-0.4, -0.2) is 39.3 Å². The molecule has 3 aliphatic rings. The van der Waals surface area contributed by atoms with Crippen LogP contribution in [0, 0.1) is 6.92 Å².